The van der Waals surface area contributed by atoms with Crippen molar-refractivity contribution in [3.8, 4) is 0 Å². The molecule has 0 saturated heterocycles. The van der Waals surface area contributed by atoms with Crippen molar-refractivity contribution in [2.75, 3.05) is 22.9 Å². The number of anilines is 4. The molecule has 0 radical (unpaired) electrons. The fraction of sp³-hybridized carbons (Fsp3) is 0.143. The number of para-hydroxylation sites is 2. The zero-order valence-corrected chi connectivity index (χ0v) is 10.8. The van der Waals surface area contributed by atoms with Crippen LogP contribution in [0.15, 0.2) is 36.4 Å². The Morgan fingerprint density at radius 3 is 1.17 bits per heavy atom. The van der Waals surface area contributed by atoms with E-state index in [1.54, 1.807) is 12.1 Å². The van der Waals surface area contributed by atoms with Gasteiger partial charge in [0.05, 0.1) is 22.7 Å². The summed E-state index contributed by atoms with van der Waals surface area (Å²) in [6.07, 6.45) is 0. The van der Waals surface area contributed by atoms with Crippen LogP contribution in [0.5, 0.6) is 0 Å². The quantitative estimate of drug-likeness (QED) is 0.534. The monoisotopic (exact) mass is 244 g/mol. The van der Waals surface area contributed by atoms with Crippen molar-refractivity contribution in [2.24, 2.45) is 0 Å². The van der Waals surface area contributed by atoms with Crippen LogP contribution in [-0.4, -0.2) is 0 Å². The summed E-state index contributed by atoms with van der Waals surface area (Å²) >= 11 is 0. The zero-order valence-electron chi connectivity index (χ0n) is 10.8. The van der Waals surface area contributed by atoms with Gasteiger partial charge in [0.2, 0.25) is 0 Å². The summed E-state index contributed by atoms with van der Waals surface area (Å²) in [5, 5.41) is 0. The molecule has 0 aliphatic rings. The minimum Gasteiger partial charge on any atom is -0.397 e. The normalized spacial score (nSPS) is 9.44. The first kappa shape index (κ1) is 13.7. The Hall–Kier alpha value is -2.36. The van der Waals surface area contributed by atoms with Crippen LogP contribution in [0.1, 0.15) is 11.1 Å². The third-order valence-electron chi connectivity index (χ3n) is 2.72. The Labute approximate surface area is 108 Å². The van der Waals surface area contributed by atoms with E-state index < -0.39 is 0 Å². The van der Waals surface area contributed by atoms with Crippen LogP contribution in [0.25, 0.3) is 0 Å². The van der Waals surface area contributed by atoms with E-state index in [9.17, 15) is 0 Å². The molecule has 0 fully saturated rings. The molecule has 2 rings (SSSR count). The molecule has 8 N–H and O–H groups in total. The first-order valence-corrected chi connectivity index (χ1v) is 5.64. The van der Waals surface area contributed by atoms with Crippen molar-refractivity contribution >= 4 is 22.7 Å². The Balaban J connectivity index is 0.000000180. The van der Waals surface area contributed by atoms with Gasteiger partial charge in [-0.15, -0.1) is 0 Å². The number of benzene rings is 2. The molecule has 2 aromatic carbocycles. The summed E-state index contributed by atoms with van der Waals surface area (Å²) in [6.45, 7) is 3.87. The Morgan fingerprint density at radius 1 is 0.611 bits per heavy atom. The molecular weight excluding hydrogens is 224 g/mol. The predicted octanol–water partition coefficient (Wildman–Crippen LogP) is 2.32. The summed E-state index contributed by atoms with van der Waals surface area (Å²) in [5.41, 5.74) is 26.9. The largest absolute Gasteiger partial charge is 0.397 e. The second-order valence-electron chi connectivity index (χ2n) is 4.16. The third kappa shape index (κ3) is 3.31. The van der Waals surface area contributed by atoms with E-state index in [1.165, 1.54) is 0 Å². The van der Waals surface area contributed by atoms with Crippen LogP contribution in [0.4, 0.5) is 22.7 Å². The van der Waals surface area contributed by atoms with Crippen molar-refractivity contribution in [2.45, 2.75) is 13.8 Å². The molecule has 0 atom stereocenters. The van der Waals surface area contributed by atoms with Crippen molar-refractivity contribution in [3.05, 3.63) is 47.5 Å². The van der Waals surface area contributed by atoms with Crippen molar-refractivity contribution in [1.82, 2.24) is 0 Å². The lowest BCUT2D eigenvalue weighted by molar-refractivity contribution is 1.47. The van der Waals surface area contributed by atoms with Crippen molar-refractivity contribution < 1.29 is 0 Å². The first-order valence-electron chi connectivity index (χ1n) is 5.64. The molecule has 0 bridgehead atoms. The van der Waals surface area contributed by atoms with Crippen molar-refractivity contribution in [3.63, 3.8) is 0 Å². The van der Waals surface area contributed by atoms with E-state index in [0.717, 1.165) is 11.1 Å². The van der Waals surface area contributed by atoms with Crippen LogP contribution in [0.3, 0.4) is 0 Å². The number of rotatable bonds is 0. The van der Waals surface area contributed by atoms with Gasteiger partial charge in [0.15, 0.2) is 0 Å². The van der Waals surface area contributed by atoms with E-state index in [-0.39, 0.29) is 0 Å². The number of hydrogen-bond donors (Lipinski definition) is 4. The summed E-state index contributed by atoms with van der Waals surface area (Å²) in [5.74, 6) is 0. The van der Waals surface area contributed by atoms with Crippen LogP contribution in [0, 0.1) is 13.8 Å². The highest BCUT2D eigenvalue weighted by Crippen LogP contribution is 2.17. The number of nitrogens with two attached hydrogens (primary N) is 4. The average Bonchev–Trinajstić information content (AvgIpc) is 2.34. The molecule has 0 aromatic heterocycles. The molecule has 0 unspecified atom stereocenters. The Morgan fingerprint density at radius 2 is 0.944 bits per heavy atom. The standard InChI is InChI=1S/2C7H10N2/c2*1-5-3-2-4-6(8)7(5)9/h2*2-4H,8-9H2,1H3. The minimum absolute atomic E-state index is 0.662. The molecule has 0 aliphatic carbocycles. The summed E-state index contributed by atoms with van der Waals surface area (Å²) in [6, 6.07) is 11.2. The topological polar surface area (TPSA) is 104 Å². The van der Waals surface area contributed by atoms with Gasteiger partial charge in [0.1, 0.15) is 0 Å². The predicted molar refractivity (Wildman–Crippen MR) is 80.0 cm³/mol. The van der Waals surface area contributed by atoms with E-state index in [0.29, 0.717) is 22.7 Å². The van der Waals surface area contributed by atoms with Crippen LogP contribution < -0.4 is 22.9 Å². The van der Waals surface area contributed by atoms with Crippen molar-refractivity contribution in [1.29, 1.82) is 0 Å². The van der Waals surface area contributed by atoms with Gasteiger partial charge < -0.3 is 22.9 Å². The van der Waals surface area contributed by atoms with E-state index in [4.69, 9.17) is 22.9 Å². The lowest BCUT2D eigenvalue weighted by atomic mass is 10.2. The fourth-order valence-electron chi connectivity index (χ4n) is 1.41. The molecule has 2 aromatic rings. The van der Waals surface area contributed by atoms with Gasteiger partial charge in [0.25, 0.3) is 0 Å². The zero-order chi connectivity index (χ0) is 13.7. The molecule has 0 spiro atoms. The molecule has 4 nitrogen and oxygen atoms in total. The number of nitrogen functional groups attached to an aromatic ring is 4. The van der Waals surface area contributed by atoms with Crippen LogP contribution in [-0.2, 0) is 0 Å². The lowest BCUT2D eigenvalue weighted by Crippen LogP contribution is -1.95. The van der Waals surface area contributed by atoms with E-state index >= 15 is 0 Å². The highest BCUT2D eigenvalue weighted by molar-refractivity contribution is 5.67. The third-order valence-corrected chi connectivity index (χ3v) is 2.72. The fourth-order valence-corrected chi connectivity index (χ4v) is 1.41. The molecule has 0 heterocycles. The van der Waals surface area contributed by atoms with Crippen LogP contribution in [0.2, 0.25) is 0 Å². The molecule has 96 valence electrons. The second-order valence-corrected chi connectivity index (χ2v) is 4.16. The van der Waals surface area contributed by atoms with E-state index in [2.05, 4.69) is 0 Å². The summed E-state index contributed by atoms with van der Waals surface area (Å²) in [7, 11) is 0. The molecule has 0 saturated carbocycles. The number of hydrogen-bond acceptors (Lipinski definition) is 4. The van der Waals surface area contributed by atoms with Gasteiger partial charge in [-0.1, -0.05) is 24.3 Å². The van der Waals surface area contributed by atoms with Gasteiger partial charge in [-0.3, -0.25) is 0 Å². The number of aryl methyl sites for hydroxylation is 2. The van der Waals surface area contributed by atoms with Gasteiger partial charge in [-0.2, -0.15) is 0 Å². The van der Waals surface area contributed by atoms with Gasteiger partial charge in [-0.25, -0.2) is 0 Å². The molecular formula is C14H20N4. The summed E-state index contributed by atoms with van der Waals surface area (Å²) in [4.78, 5) is 0. The SMILES string of the molecule is Cc1cccc(N)c1N.Cc1cccc(N)c1N. The molecule has 0 amide bonds. The smallest absolute Gasteiger partial charge is 0.0577 e. The minimum atomic E-state index is 0.662. The van der Waals surface area contributed by atoms with Gasteiger partial charge in [-0.05, 0) is 37.1 Å². The molecule has 18 heavy (non-hydrogen) atoms. The molecule has 4 heteroatoms. The maximum Gasteiger partial charge on any atom is 0.0577 e. The van der Waals surface area contributed by atoms with Crippen LogP contribution >= 0.6 is 0 Å². The molecule has 0 aliphatic heterocycles. The highest BCUT2D eigenvalue weighted by atomic mass is 14.7. The van der Waals surface area contributed by atoms with Gasteiger partial charge >= 0.3 is 0 Å². The first-order chi connectivity index (χ1) is 8.43. The Kier molecular flexibility index (Phi) is 4.43. The van der Waals surface area contributed by atoms with E-state index in [1.807, 2.05) is 38.1 Å². The second kappa shape index (κ2) is 5.82. The maximum absolute atomic E-state index is 5.56. The van der Waals surface area contributed by atoms with Gasteiger partial charge in [0, 0.05) is 0 Å². The Bertz CT molecular complexity index is 445. The summed E-state index contributed by atoms with van der Waals surface area (Å²) < 4.78 is 0. The highest BCUT2D eigenvalue weighted by Gasteiger charge is 1.94. The maximum atomic E-state index is 5.56. The lowest BCUT2D eigenvalue weighted by Gasteiger charge is -2.00. The average molecular weight is 244 g/mol.